The molecule has 2 aromatic carbocycles. The summed E-state index contributed by atoms with van der Waals surface area (Å²) in [5.41, 5.74) is -0.654. The molecule has 0 atom stereocenters. The number of amides is 1. The van der Waals surface area contributed by atoms with Crippen molar-refractivity contribution in [2.75, 3.05) is 6.54 Å². The topological polar surface area (TPSA) is 33.2 Å². The standard InChI is InChI=1S/C24H20F6N2O/c1-3-32(14-16-10-17(23(25,26)27)12-18(11-16)24(28,29)30)22(33)21-13-31-9-8-20(21)19-7-5-4-6-15(19)2/h4-13H,3,14H2,1-2H3. The summed E-state index contributed by atoms with van der Waals surface area (Å²) < 4.78 is 79.2. The third-order valence-electron chi connectivity index (χ3n) is 5.18. The summed E-state index contributed by atoms with van der Waals surface area (Å²) in [5, 5.41) is 0. The molecule has 0 bridgehead atoms. The van der Waals surface area contributed by atoms with Crippen LogP contribution in [0.25, 0.3) is 11.1 Å². The zero-order valence-electron chi connectivity index (χ0n) is 17.8. The van der Waals surface area contributed by atoms with Crippen LogP contribution in [0, 0.1) is 6.92 Å². The third-order valence-corrected chi connectivity index (χ3v) is 5.18. The fourth-order valence-electron chi connectivity index (χ4n) is 3.50. The van der Waals surface area contributed by atoms with Gasteiger partial charge in [-0.15, -0.1) is 0 Å². The quantitative estimate of drug-likeness (QED) is 0.390. The molecule has 0 aliphatic rings. The van der Waals surface area contributed by atoms with Crippen LogP contribution in [0.4, 0.5) is 26.3 Å². The molecule has 0 saturated carbocycles. The maximum absolute atomic E-state index is 13.3. The molecular formula is C24H20F6N2O. The van der Waals surface area contributed by atoms with Gasteiger partial charge in [0.1, 0.15) is 0 Å². The first-order chi connectivity index (χ1) is 15.4. The van der Waals surface area contributed by atoms with E-state index in [1.807, 2.05) is 25.1 Å². The van der Waals surface area contributed by atoms with Gasteiger partial charge in [0.05, 0.1) is 16.7 Å². The Hall–Kier alpha value is -3.36. The van der Waals surface area contributed by atoms with Crippen LogP contribution in [0.15, 0.2) is 60.9 Å². The van der Waals surface area contributed by atoms with E-state index in [0.717, 1.165) is 11.1 Å². The molecule has 1 heterocycles. The highest BCUT2D eigenvalue weighted by Gasteiger charge is 2.37. The first-order valence-corrected chi connectivity index (χ1v) is 9.99. The molecule has 0 unspecified atom stereocenters. The van der Waals surface area contributed by atoms with Crippen LogP contribution < -0.4 is 0 Å². The molecule has 0 spiro atoms. The predicted octanol–water partition coefficient (Wildman–Crippen LogP) is 6.76. The molecule has 1 aromatic heterocycles. The number of carbonyl (C=O) groups is 1. The lowest BCUT2D eigenvalue weighted by Crippen LogP contribution is -2.31. The lowest BCUT2D eigenvalue weighted by molar-refractivity contribution is -0.143. The molecule has 0 N–H and O–H groups in total. The minimum Gasteiger partial charge on any atom is -0.335 e. The molecule has 3 aromatic rings. The summed E-state index contributed by atoms with van der Waals surface area (Å²) in [4.78, 5) is 18.5. The number of hydrogen-bond acceptors (Lipinski definition) is 2. The van der Waals surface area contributed by atoms with Crippen LogP contribution in [0.5, 0.6) is 0 Å². The van der Waals surface area contributed by atoms with Crippen molar-refractivity contribution in [3.8, 4) is 11.1 Å². The first-order valence-electron chi connectivity index (χ1n) is 9.99. The van der Waals surface area contributed by atoms with Crippen molar-refractivity contribution in [2.24, 2.45) is 0 Å². The number of pyridine rings is 1. The third kappa shape index (κ3) is 5.53. The van der Waals surface area contributed by atoms with E-state index in [0.29, 0.717) is 17.7 Å². The van der Waals surface area contributed by atoms with E-state index >= 15 is 0 Å². The summed E-state index contributed by atoms with van der Waals surface area (Å²) in [5.74, 6) is -0.546. The first kappa shape index (κ1) is 24.3. The number of carbonyl (C=O) groups excluding carboxylic acids is 1. The number of benzene rings is 2. The van der Waals surface area contributed by atoms with Crippen LogP contribution in [0.1, 0.15) is 39.5 Å². The Bertz CT molecular complexity index is 1120. The van der Waals surface area contributed by atoms with Gasteiger partial charge in [-0.1, -0.05) is 24.3 Å². The highest BCUT2D eigenvalue weighted by Crippen LogP contribution is 2.37. The van der Waals surface area contributed by atoms with Crippen LogP contribution in [-0.2, 0) is 18.9 Å². The molecule has 3 nitrogen and oxygen atoms in total. The van der Waals surface area contributed by atoms with Gasteiger partial charge < -0.3 is 4.90 Å². The minimum absolute atomic E-state index is 0.0680. The van der Waals surface area contributed by atoms with Gasteiger partial charge in [0, 0.05) is 25.5 Å². The van der Waals surface area contributed by atoms with Crippen molar-refractivity contribution >= 4 is 5.91 Å². The lowest BCUT2D eigenvalue weighted by atomic mass is 9.97. The second-order valence-corrected chi connectivity index (χ2v) is 7.47. The van der Waals surface area contributed by atoms with E-state index in [9.17, 15) is 31.1 Å². The monoisotopic (exact) mass is 466 g/mol. The second-order valence-electron chi connectivity index (χ2n) is 7.47. The van der Waals surface area contributed by atoms with Crippen LogP contribution in [0.3, 0.4) is 0 Å². The van der Waals surface area contributed by atoms with E-state index in [4.69, 9.17) is 0 Å². The number of hydrogen-bond donors (Lipinski definition) is 0. The minimum atomic E-state index is -4.96. The molecule has 0 aliphatic heterocycles. The van der Waals surface area contributed by atoms with Gasteiger partial charge in [-0.2, -0.15) is 26.3 Å². The molecular weight excluding hydrogens is 446 g/mol. The van der Waals surface area contributed by atoms with Gasteiger partial charge in [0.25, 0.3) is 5.91 Å². The Morgan fingerprint density at radius 3 is 2.06 bits per heavy atom. The fourth-order valence-corrected chi connectivity index (χ4v) is 3.50. The van der Waals surface area contributed by atoms with E-state index < -0.39 is 35.9 Å². The Labute approximate surface area is 186 Å². The molecule has 0 radical (unpaired) electrons. The molecule has 174 valence electrons. The van der Waals surface area contributed by atoms with E-state index in [2.05, 4.69) is 4.98 Å². The van der Waals surface area contributed by atoms with Gasteiger partial charge in [-0.3, -0.25) is 9.78 Å². The van der Waals surface area contributed by atoms with Gasteiger partial charge >= 0.3 is 12.4 Å². The maximum atomic E-state index is 13.3. The average molecular weight is 466 g/mol. The van der Waals surface area contributed by atoms with E-state index in [-0.39, 0.29) is 23.7 Å². The van der Waals surface area contributed by atoms with E-state index in [1.165, 1.54) is 17.3 Å². The molecule has 0 aliphatic carbocycles. The largest absolute Gasteiger partial charge is 0.416 e. The van der Waals surface area contributed by atoms with Crippen molar-refractivity contribution in [2.45, 2.75) is 32.7 Å². The number of aryl methyl sites for hydroxylation is 1. The van der Waals surface area contributed by atoms with Gasteiger partial charge in [0.2, 0.25) is 0 Å². The number of nitrogens with zero attached hydrogens (tertiary/aromatic N) is 2. The van der Waals surface area contributed by atoms with Gasteiger partial charge in [-0.25, -0.2) is 0 Å². The number of halogens is 6. The Morgan fingerprint density at radius 2 is 1.52 bits per heavy atom. The summed E-state index contributed by atoms with van der Waals surface area (Å²) in [6.07, 6.45) is -7.06. The average Bonchev–Trinajstić information content (AvgIpc) is 2.76. The Morgan fingerprint density at radius 1 is 0.909 bits per heavy atom. The van der Waals surface area contributed by atoms with Crippen molar-refractivity contribution in [1.29, 1.82) is 0 Å². The van der Waals surface area contributed by atoms with Gasteiger partial charge in [0.15, 0.2) is 0 Å². The summed E-state index contributed by atoms with van der Waals surface area (Å²) in [6.45, 7) is 3.10. The SMILES string of the molecule is CCN(Cc1cc(C(F)(F)F)cc(C(F)(F)F)c1)C(=O)c1cnccc1-c1ccccc1C. The van der Waals surface area contributed by atoms with Gasteiger partial charge in [-0.05, 0) is 60.4 Å². The maximum Gasteiger partial charge on any atom is 0.416 e. The number of rotatable bonds is 5. The van der Waals surface area contributed by atoms with Crippen LogP contribution in [-0.4, -0.2) is 22.3 Å². The van der Waals surface area contributed by atoms with Crippen LogP contribution in [0.2, 0.25) is 0 Å². The summed E-state index contributed by atoms with van der Waals surface area (Å²) in [7, 11) is 0. The van der Waals surface area contributed by atoms with Crippen molar-refractivity contribution < 1.29 is 31.1 Å². The smallest absolute Gasteiger partial charge is 0.335 e. The zero-order valence-corrected chi connectivity index (χ0v) is 17.8. The van der Waals surface area contributed by atoms with Crippen LogP contribution >= 0.6 is 0 Å². The molecule has 33 heavy (non-hydrogen) atoms. The van der Waals surface area contributed by atoms with Crippen molar-refractivity contribution in [3.63, 3.8) is 0 Å². The van der Waals surface area contributed by atoms with Crippen molar-refractivity contribution in [3.05, 3.63) is 88.7 Å². The lowest BCUT2D eigenvalue weighted by Gasteiger charge is -2.24. The molecule has 1 amide bonds. The number of alkyl halides is 6. The number of aromatic nitrogens is 1. The highest BCUT2D eigenvalue weighted by molar-refractivity contribution is 6.00. The predicted molar refractivity (Wildman–Crippen MR) is 111 cm³/mol. The molecule has 3 rings (SSSR count). The highest BCUT2D eigenvalue weighted by atomic mass is 19.4. The second kappa shape index (κ2) is 9.25. The zero-order chi connectivity index (χ0) is 24.4. The summed E-state index contributed by atoms with van der Waals surface area (Å²) >= 11 is 0. The molecule has 0 saturated heterocycles. The van der Waals surface area contributed by atoms with Crippen molar-refractivity contribution in [1.82, 2.24) is 9.88 Å². The molecule has 0 fully saturated rings. The normalized spacial score (nSPS) is 12.0. The molecule has 9 heteroatoms. The summed E-state index contributed by atoms with van der Waals surface area (Å²) in [6, 6.07) is 10.3. The Kier molecular flexibility index (Phi) is 6.81. The van der Waals surface area contributed by atoms with E-state index in [1.54, 1.807) is 19.1 Å². The fraction of sp³-hybridized carbons (Fsp3) is 0.250. The Balaban J connectivity index is 2.01.